The van der Waals surface area contributed by atoms with E-state index in [1.807, 2.05) is 18.2 Å². The van der Waals surface area contributed by atoms with E-state index in [4.69, 9.17) is 0 Å². The first-order valence-corrected chi connectivity index (χ1v) is 9.34. The highest BCUT2D eigenvalue weighted by molar-refractivity contribution is 5.79. The molecule has 8 heteroatoms. The second-order valence-corrected chi connectivity index (χ2v) is 7.00. The second-order valence-electron chi connectivity index (χ2n) is 7.00. The van der Waals surface area contributed by atoms with Crippen molar-refractivity contribution in [3.63, 3.8) is 0 Å². The van der Waals surface area contributed by atoms with E-state index in [-0.39, 0.29) is 23.2 Å². The largest absolute Gasteiger partial charge is 0.352 e. The lowest BCUT2D eigenvalue weighted by Crippen LogP contribution is -2.25. The van der Waals surface area contributed by atoms with Crippen molar-refractivity contribution in [2.45, 2.75) is 25.4 Å². The number of amides is 1. The lowest BCUT2D eigenvalue weighted by atomic mass is 10.0. The Morgan fingerprint density at radius 1 is 1.17 bits per heavy atom. The standard InChI is InChI=1S/C21H20FN5O2/c22-16-6-4-14(5-7-16)11-24-21-25-18(10-19(28)26-21)15-9-20(29)27(12-15)13-17-3-1-2-8-23-17/h1-8,10,15H,9,11-13H2,(H2,24,25,26,28). The van der Waals surface area contributed by atoms with Gasteiger partial charge in [-0.3, -0.25) is 19.6 Å². The molecule has 1 unspecified atom stereocenters. The molecular formula is C21H20FN5O2. The number of aromatic nitrogens is 3. The first-order chi connectivity index (χ1) is 14.1. The van der Waals surface area contributed by atoms with Gasteiger partial charge in [-0.2, -0.15) is 0 Å². The zero-order chi connectivity index (χ0) is 20.2. The second kappa shape index (κ2) is 8.22. The molecule has 3 heterocycles. The molecule has 7 nitrogen and oxygen atoms in total. The Balaban J connectivity index is 1.45. The Hall–Kier alpha value is -3.55. The summed E-state index contributed by atoms with van der Waals surface area (Å²) in [5, 5.41) is 3.05. The van der Waals surface area contributed by atoms with Crippen LogP contribution in [0.25, 0.3) is 0 Å². The molecule has 0 bridgehead atoms. The fraction of sp³-hybridized carbons (Fsp3) is 0.238. The SMILES string of the molecule is O=C1CC(c2cc(=O)[nH]c(NCc3ccc(F)cc3)n2)CN1Cc1ccccn1. The average Bonchev–Trinajstić information content (AvgIpc) is 3.08. The van der Waals surface area contributed by atoms with Gasteiger partial charge in [0.25, 0.3) is 5.56 Å². The number of likely N-dealkylation sites (tertiary alicyclic amines) is 1. The van der Waals surface area contributed by atoms with Gasteiger partial charge in [0.05, 0.1) is 17.9 Å². The van der Waals surface area contributed by atoms with E-state index < -0.39 is 0 Å². The van der Waals surface area contributed by atoms with E-state index in [1.54, 1.807) is 23.2 Å². The smallest absolute Gasteiger partial charge is 0.252 e. The summed E-state index contributed by atoms with van der Waals surface area (Å²) in [5.41, 5.74) is 1.97. The number of hydrogen-bond donors (Lipinski definition) is 2. The van der Waals surface area contributed by atoms with Crippen molar-refractivity contribution in [1.82, 2.24) is 19.9 Å². The Kier molecular flexibility index (Phi) is 5.33. The molecule has 2 N–H and O–H groups in total. The number of halogens is 1. The van der Waals surface area contributed by atoms with Crippen LogP contribution >= 0.6 is 0 Å². The molecule has 1 aliphatic rings. The molecule has 0 spiro atoms. The van der Waals surface area contributed by atoms with Crippen molar-refractivity contribution in [2.75, 3.05) is 11.9 Å². The van der Waals surface area contributed by atoms with E-state index in [0.717, 1.165) is 11.3 Å². The van der Waals surface area contributed by atoms with Crippen LogP contribution in [-0.2, 0) is 17.9 Å². The molecule has 0 aliphatic carbocycles. The van der Waals surface area contributed by atoms with Crippen LogP contribution in [-0.4, -0.2) is 32.3 Å². The maximum atomic E-state index is 13.0. The number of hydrogen-bond acceptors (Lipinski definition) is 5. The Bertz CT molecular complexity index is 1050. The van der Waals surface area contributed by atoms with Gasteiger partial charge in [0.15, 0.2) is 0 Å². The highest BCUT2D eigenvalue weighted by atomic mass is 19.1. The van der Waals surface area contributed by atoms with Crippen LogP contribution in [0.3, 0.4) is 0 Å². The zero-order valence-electron chi connectivity index (χ0n) is 15.6. The summed E-state index contributed by atoms with van der Waals surface area (Å²) in [4.78, 5) is 37.6. The summed E-state index contributed by atoms with van der Waals surface area (Å²) in [6.07, 6.45) is 2.01. The topological polar surface area (TPSA) is 91.0 Å². The van der Waals surface area contributed by atoms with Gasteiger partial charge in [-0.15, -0.1) is 0 Å². The van der Waals surface area contributed by atoms with Gasteiger partial charge in [-0.25, -0.2) is 9.37 Å². The van der Waals surface area contributed by atoms with Crippen molar-refractivity contribution in [3.8, 4) is 0 Å². The predicted molar refractivity (Wildman–Crippen MR) is 106 cm³/mol. The Morgan fingerprint density at radius 2 is 2.00 bits per heavy atom. The number of H-pyrrole nitrogens is 1. The lowest BCUT2D eigenvalue weighted by molar-refractivity contribution is -0.128. The van der Waals surface area contributed by atoms with Gasteiger partial charge in [0, 0.05) is 37.7 Å². The molecule has 1 amide bonds. The van der Waals surface area contributed by atoms with E-state index in [2.05, 4.69) is 20.3 Å². The Morgan fingerprint density at radius 3 is 2.76 bits per heavy atom. The number of carbonyl (C=O) groups is 1. The molecule has 1 atom stereocenters. The highest BCUT2D eigenvalue weighted by Gasteiger charge is 2.32. The number of nitrogens with one attached hydrogen (secondary N) is 2. The van der Waals surface area contributed by atoms with Crippen molar-refractivity contribution in [2.24, 2.45) is 0 Å². The number of rotatable bonds is 6. The van der Waals surface area contributed by atoms with Crippen LogP contribution in [0.4, 0.5) is 10.3 Å². The summed E-state index contributed by atoms with van der Waals surface area (Å²) >= 11 is 0. The van der Waals surface area contributed by atoms with Gasteiger partial charge in [0.1, 0.15) is 5.82 Å². The van der Waals surface area contributed by atoms with E-state index in [9.17, 15) is 14.0 Å². The van der Waals surface area contributed by atoms with Crippen molar-refractivity contribution in [3.05, 3.63) is 87.9 Å². The third kappa shape index (κ3) is 4.66. The molecule has 4 rings (SSSR count). The number of nitrogens with zero attached hydrogens (tertiary/aromatic N) is 3. The lowest BCUT2D eigenvalue weighted by Gasteiger charge is -2.16. The van der Waals surface area contributed by atoms with Gasteiger partial charge < -0.3 is 10.2 Å². The molecule has 1 saturated heterocycles. The van der Waals surface area contributed by atoms with Gasteiger partial charge in [-0.05, 0) is 29.8 Å². The summed E-state index contributed by atoms with van der Waals surface area (Å²) in [5.74, 6) is -0.112. The quantitative estimate of drug-likeness (QED) is 0.671. The molecule has 1 fully saturated rings. The molecule has 148 valence electrons. The third-order valence-electron chi connectivity index (χ3n) is 4.85. The summed E-state index contributed by atoms with van der Waals surface area (Å²) in [7, 11) is 0. The van der Waals surface area contributed by atoms with Crippen LogP contribution in [0.15, 0.2) is 59.5 Å². The molecule has 29 heavy (non-hydrogen) atoms. The minimum atomic E-state index is -0.302. The molecule has 2 aromatic heterocycles. The summed E-state index contributed by atoms with van der Waals surface area (Å²) in [6, 6.07) is 13.1. The van der Waals surface area contributed by atoms with Crippen LogP contribution in [0.5, 0.6) is 0 Å². The predicted octanol–water partition coefficient (Wildman–Crippen LogP) is 2.43. The molecule has 1 aromatic carbocycles. The number of benzene rings is 1. The van der Waals surface area contributed by atoms with Gasteiger partial charge >= 0.3 is 0 Å². The normalized spacial score (nSPS) is 16.2. The molecule has 3 aromatic rings. The summed E-state index contributed by atoms with van der Waals surface area (Å²) in [6.45, 7) is 1.32. The number of carbonyl (C=O) groups excluding carboxylic acids is 1. The highest BCUT2D eigenvalue weighted by Crippen LogP contribution is 2.27. The van der Waals surface area contributed by atoms with Crippen molar-refractivity contribution >= 4 is 11.9 Å². The first kappa shape index (κ1) is 18.8. The van der Waals surface area contributed by atoms with E-state index in [1.165, 1.54) is 18.2 Å². The minimum absolute atomic E-state index is 0.0172. The van der Waals surface area contributed by atoms with Crippen LogP contribution in [0.1, 0.15) is 29.3 Å². The first-order valence-electron chi connectivity index (χ1n) is 9.34. The molecule has 0 saturated carbocycles. The summed E-state index contributed by atoms with van der Waals surface area (Å²) < 4.78 is 13.0. The molecule has 0 radical (unpaired) electrons. The van der Waals surface area contributed by atoms with Crippen LogP contribution in [0, 0.1) is 5.82 Å². The zero-order valence-corrected chi connectivity index (χ0v) is 15.6. The Labute approximate surface area is 166 Å². The van der Waals surface area contributed by atoms with Gasteiger partial charge in [-0.1, -0.05) is 18.2 Å². The maximum absolute atomic E-state index is 13.0. The van der Waals surface area contributed by atoms with E-state index in [0.29, 0.717) is 37.7 Å². The fourth-order valence-corrected chi connectivity index (χ4v) is 3.37. The molecule has 1 aliphatic heterocycles. The number of pyridine rings is 1. The monoisotopic (exact) mass is 393 g/mol. The average molecular weight is 393 g/mol. The molecular weight excluding hydrogens is 373 g/mol. The minimum Gasteiger partial charge on any atom is -0.352 e. The van der Waals surface area contributed by atoms with Crippen molar-refractivity contribution < 1.29 is 9.18 Å². The van der Waals surface area contributed by atoms with Gasteiger partial charge in [0.2, 0.25) is 11.9 Å². The number of aromatic amines is 1. The third-order valence-corrected chi connectivity index (χ3v) is 4.85. The number of anilines is 1. The van der Waals surface area contributed by atoms with E-state index >= 15 is 0 Å². The fourth-order valence-electron chi connectivity index (χ4n) is 3.37. The maximum Gasteiger partial charge on any atom is 0.252 e. The van der Waals surface area contributed by atoms with Crippen LogP contribution in [0.2, 0.25) is 0 Å². The van der Waals surface area contributed by atoms with Crippen molar-refractivity contribution in [1.29, 1.82) is 0 Å². The van der Waals surface area contributed by atoms with Crippen LogP contribution < -0.4 is 10.9 Å².